The molecule has 0 radical (unpaired) electrons. The van der Waals surface area contributed by atoms with Gasteiger partial charge in [-0.3, -0.25) is 4.79 Å². The van der Waals surface area contributed by atoms with E-state index in [4.69, 9.17) is 0 Å². The maximum atomic E-state index is 13.4. The minimum Gasteiger partial charge on any atom is -0.477 e. The lowest BCUT2D eigenvalue weighted by molar-refractivity contribution is -0.137. The molecule has 1 aliphatic carbocycles. The van der Waals surface area contributed by atoms with Gasteiger partial charge in [-0.2, -0.15) is 13.2 Å². The van der Waals surface area contributed by atoms with Crippen molar-refractivity contribution in [1.29, 1.82) is 0 Å². The maximum absolute atomic E-state index is 13.4. The highest BCUT2D eigenvalue weighted by molar-refractivity contribution is 7.17. The summed E-state index contributed by atoms with van der Waals surface area (Å²) in [6.45, 7) is 2.96. The van der Waals surface area contributed by atoms with Crippen molar-refractivity contribution in [1.82, 2.24) is 4.90 Å². The lowest BCUT2D eigenvalue weighted by Crippen LogP contribution is -2.39. The van der Waals surface area contributed by atoms with Gasteiger partial charge in [0.25, 0.3) is 5.91 Å². The van der Waals surface area contributed by atoms with Gasteiger partial charge in [-0.1, -0.05) is 50.1 Å². The van der Waals surface area contributed by atoms with E-state index in [9.17, 15) is 27.9 Å². The van der Waals surface area contributed by atoms with Crippen LogP contribution in [0.1, 0.15) is 70.2 Å². The normalized spacial score (nSPS) is 20.3. The summed E-state index contributed by atoms with van der Waals surface area (Å²) >= 11 is 1.26. The Labute approximate surface area is 229 Å². The topological polar surface area (TPSA) is 57.6 Å². The third-order valence-electron chi connectivity index (χ3n) is 7.95. The number of carbonyl (C=O) groups excluding carboxylic acids is 1. The average Bonchev–Trinajstić information content (AvgIpc) is 3.39. The molecule has 3 aromatic rings. The van der Waals surface area contributed by atoms with Crippen molar-refractivity contribution >= 4 is 28.8 Å². The van der Waals surface area contributed by atoms with Crippen LogP contribution in [0.2, 0.25) is 0 Å². The highest BCUT2D eigenvalue weighted by Crippen LogP contribution is 2.44. The van der Waals surface area contributed by atoms with E-state index in [2.05, 4.69) is 6.92 Å². The van der Waals surface area contributed by atoms with Crippen molar-refractivity contribution in [2.45, 2.75) is 45.2 Å². The van der Waals surface area contributed by atoms with Gasteiger partial charge in [0.2, 0.25) is 0 Å². The highest BCUT2D eigenvalue weighted by atomic mass is 32.1. The van der Waals surface area contributed by atoms with Crippen molar-refractivity contribution in [2.75, 3.05) is 13.1 Å². The monoisotopic (exact) mass is 553 g/mol. The van der Waals surface area contributed by atoms with E-state index in [0.717, 1.165) is 65.0 Å². The van der Waals surface area contributed by atoms with Crippen LogP contribution < -0.4 is 0 Å². The fourth-order valence-electron chi connectivity index (χ4n) is 5.76. The van der Waals surface area contributed by atoms with Crippen LogP contribution in [0.25, 0.3) is 16.0 Å². The number of hydrogen-bond donors (Lipinski definition) is 1. The summed E-state index contributed by atoms with van der Waals surface area (Å²) in [5.74, 6) is -0.414. The molecule has 1 N–H and O–H groups in total. The molecule has 1 saturated carbocycles. The minimum absolute atomic E-state index is 0.219. The third-order valence-corrected chi connectivity index (χ3v) is 9.12. The van der Waals surface area contributed by atoms with Crippen LogP contribution in [0.5, 0.6) is 0 Å². The molecule has 2 aliphatic rings. The number of thiophene rings is 1. The summed E-state index contributed by atoms with van der Waals surface area (Å²) < 4.78 is 39.1. The number of carboxylic acid groups (broad SMARTS) is 1. The SMILES string of the molecule is CC1CCC(C2=C(c3cc(-c4ccccc4)sc3C(=O)O)CCN(C(=O)c3ccc(C(F)(F)F)cc3)C2)CC1. The minimum atomic E-state index is -4.46. The zero-order valence-electron chi connectivity index (χ0n) is 21.6. The fraction of sp³-hybridized carbons (Fsp3) is 0.355. The molecule has 0 saturated heterocycles. The molecule has 4 nitrogen and oxygen atoms in total. The second-order valence-electron chi connectivity index (χ2n) is 10.5. The lowest BCUT2D eigenvalue weighted by atomic mass is 9.75. The van der Waals surface area contributed by atoms with Crippen molar-refractivity contribution in [2.24, 2.45) is 11.8 Å². The summed E-state index contributed by atoms with van der Waals surface area (Å²) in [4.78, 5) is 28.6. The van der Waals surface area contributed by atoms with Crippen LogP contribution in [0.15, 0.2) is 66.2 Å². The first-order valence-corrected chi connectivity index (χ1v) is 14.0. The molecule has 2 aromatic carbocycles. The molecule has 1 aliphatic heterocycles. The Balaban J connectivity index is 1.51. The molecular weight excluding hydrogens is 523 g/mol. The zero-order chi connectivity index (χ0) is 27.7. The van der Waals surface area contributed by atoms with Crippen molar-refractivity contribution in [3.05, 3.63) is 87.8 Å². The second-order valence-corrected chi connectivity index (χ2v) is 11.6. The predicted molar refractivity (Wildman–Crippen MR) is 147 cm³/mol. The highest BCUT2D eigenvalue weighted by Gasteiger charge is 2.34. The number of alkyl halides is 3. The van der Waals surface area contributed by atoms with Gasteiger partial charge in [0.15, 0.2) is 0 Å². The maximum Gasteiger partial charge on any atom is 0.416 e. The standard InChI is InChI=1S/C31H30F3NO3S/c1-19-7-9-20(10-8-19)26-18-35(29(36)22-11-13-23(14-12-22)31(32,33)34)16-15-24(26)25-17-27(39-28(25)30(37)38)21-5-3-2-4-6-21/h2-6,11-14,17,19-20H,7-10,15-16,18H2,1H3,(H,37,38). The largest absolute Gasteiger partial charge is 0.477 e. The predicted octanol–water partition coefficient (Wildman–Crippen LogP) is 8.26. The molecule has 204 valence electrons. The van der Waals surface area contributed by atoms with E-state index in [-0.39, 0.29) is 17.4 Å². The van der Waals surface area contributed by atoms with E-state index < -0.39 is 17.7 Å². The summed E-state index contributed by atoms with van der Waals surface area (Å²) in [5.41, 5.74) is 3.21. The Morgan fingerprint density at radius 3 is 2.26 bits per heavy atom. The molecule has 0 unspecified atom stereocenters. The van der Waals surface area contributed by atoms with E-state index in [1.807, 2.05) is 36.4 Å². The van der Waals surface area contributed by atoms with Gasteiger partial charge in [-0.25, -0.2) is 4.79 Å². The number of rotatable bonds is 5. The van der Waals surface area contributed by atoms with Gasteiger partial charge in [-0.15, -0.1) is 11.3 Å². The van der Waals surface area contributed by atoms with Crippen molar-refractivity contribution in [3.63, 3.8) is 0 Å². The summed E-state index contributed by atoms with van der Waals surface area (Å²) in [5, 5.41) is 10.1. The van der Waals surface area contributed by atoms with Gasteiger partial charge < -0.3 is 10.0 Å². The van der Waals surface area contributed by atoms with Crippen LogP contribution in [0.4, 0.5) is 13.2 Å². The first-order chi connectivity index (χ1) is 18.6. The molecule has 5 rings (SSSR count). The van der Waals surface area contributed by atoms with Gasteiger partial charge in [0.05, 0.1) is 5.56 Å². The number of halogens is 3. The summed E-state index contributed by atoms with van der Waals surface area (Å²) in [6, 6.07) is 16.0. The Hall–Kier alpha value is -3.39. The Morgan fingerprint density at radius 1 is 0.974 bits per heavy atom. The molecule has 0 bridgehead atoms. The van der Waals surface area contributed by atoms with Gasteiger partial charge in [0, 0.05) is 29.1 Å². The van der Waals surface area contributed by atoms with Gasteiger partial charge >= 0.3 is 12.1 Å². The number of benzene rings is 2. The lowest BCUT2D eigenvalue weighted by Gasteiger charge is -2.37. The number of aromatic carboxylic acids is 1. The molecule has 0 atom stereocenters. The van der Waals surface area contributed by atoms with Crippen LogP contribution in [-0.2, 0) is 6.18 Å². The molecule has 0 spiro atoms. The summed E-state index contributed by atoms with van der Waals surface area (Å²) in [6.07, 6.45) is 0.119. The molecule has 2 heterocycles. The fourth-order valence-corrected chi connectivity index (χ4v) is 6.79. The molecule has 39 heavy (non-hydrogen) atoms. The molecule has 1 aromatic heterocycles. The van der Waals surface area contributed by atoms with E-state index >= 15 is 0 Å². The zero-order valence-corrected chi connectivity index (χ0v) is 22.4. The molecule has 1 amide bonds. The van der Waals surface area contributed by atoms with Crippen LogP contribution >= 0.6 is 11.3 Å². The van der Waals surface area contributed by atoms with Crippen LogP contribution in [0, 0.1) is 11.8 Å². The Morgan fingerprint density at radius 2 is 1.64 bits per heavy atom. The van der Waals surface area contributed by atoms with E-state index in [0.29, 0.717) is 30.3 Å². The average molecular weight is 554 g/mol. The Bertz CT molecular complexity index is 1380. The van der Waals surface area contributed by atoms with Crippen LogP contribution in [-0.4, -0.2) is 35.0 Å². The number of carbonyl (C=O) groups is 2. The first kappa shape index (κ1) is 27.2. The number of hydrogen-bond acceptors (Lipinski definition) is 3. The van der Waals surface area contributed by atoms with Gasteiger partial charge in [-0.05, 0) is 78.1 Å². The van der Waals surface area contributed by atoms with Gasteiger partial charge in [0.1, 0.15) is 4.88 Å². The Kier molecular flexibility index (Phi) is 7.67. The smallest absolute Gasteiger partial charge is 0.416 e. The van der Waals surface area contributed by atoms with Crippen molar-refractivity contribution in [3.8, 4) is 10.4 Å². The second kappa shape index (κ2) is 11.0. The number of amides is 1. The number of nitrogens with zero attached hydrogens (tertiary/aromatic N) is 1. The first-order valence-electron chi connectivity index (χ1n) is 13.2. The molecule has 8 heteroatoms. The van der Waals surface area contributed by atoms with E-state index in [1.165, 1.54) is 23.5 Å². The molecular formula is C31H30F3NO3S. The summed E-state index contributed by atoms with van der Waals surface area (Å²) in [7, 11) is 0. The number of carboxylic acids is 1. The van der Waals surface area contributed by atoms with Crippen molar-refractivity contribution < 1.29 is 27.9 Å². The molecule has 1 fully saturated rings. The quantitative estimate of drug-likeness (QED) is 0.346. The van der Waals surface area contributed by atoms with E-state index in [1.54, 1.807) is 4.90 Å². The van der Waals surface area contributed by atoms with Crippen LogP contribution in [0.3, 0.4) is 0 Å². The third kappa shape index (κ3) is 5.81.